The van der Waals surface area contributed by atoms with Crippen LogP contribution >= 0.6 is 11.3 Å². The topological polar surface area (TPSA) is 43.4 Å². The van der Waals surface area contributed by atoms with E-state index < -0.39 is 10.8 Å². The zero-order valence-corrected chi connectivity index (χ0v) is 10.5. The lowest BCUT2D eigenvalue weighted by molar-refractivity contribution is 0.0981. The first-order valence-corrected chi connectivity index (χ1v) is 7.55. The molecule has 1 atom stereocenters. The SMILES string of the molecule is O=C(CS(=O)C1CCOCC1)c1cccs1. The normalized spacial score (nSPS) is 19.5. The highest BCUT2D eigenvalue weighted by atomic mass is 32.2. The summed E-state index contributed by atoms with van der Waals surface area (Å²) in [5, 5.41) is 2.00. The molecule has 0 aromatic carbocycles. The molecule has 0 amide bonds. The van der Waals surface area contributed by atoms with Crippen molar-refractivity contribution in [3.8, 4) is 0 Å². The smallest absolute Gasteiger partial charge is 0.185 e. The van der Waals surface area contributed by atoms with E-state index in [-0.39, 0.29) is 16.8 Å². The van der Waals surface area contributed by atoms with E-state index in [9.17, 15) is 9.00 Å². The standard InChI is InChI=1S/C11H14O3S2/c12-10(11-2-1-7-15-11)8-16(13)9-3-5-14-6-4-9/h1-2,7,9H,3-6,8H2. The lowest BCUT2D eigenvalue weighted by atomic mass is 10.2. The molecule has 2 rings (SSSR count). The first-order chi connectivity index (χ1) is 7.77. The molecule has 0 spiro atoms. The second kappa shape index (κ2) is 5.70. The van der Waals surface area contributed by atoms with Gasteiger partial charge in [0.25, 0.3) is 0 Å². The van der Waals surface area contributed by atoms with Crippen LogP contribution in [-0.4, -0.2) is 34.2 Å². The van der Waals surface area contributed by atoms with Gasteiger partial charge in [0.15, 0.2) is 5.78 Å². The minimum atomic E-state index is -1.04. The lowest BCUT2D eigenvalue weighted by Crippen LogP contribution is -2.28. The molecule has 1 saturated heterocycles. The molecule has 1 fully saturated rings. The predicted octanol–water partition coefficient (Wildman–Crippen LogP) is 1.86. The zero-order valence-electron chi connectivity index (χ0n) is 8.89. The fraction of sp³-hybridized carbons (Fsp3) is 0.545. The van der Waals surface area contributed by atoms with Crippen molar-refractivity contribution in [1.29, 1.82) is 0 Å². The van der Waals surface area contributed by atoms with E-state index in [0.29, 0.717) is 18.1 Å². The molecule has 1 aliphatic heterocycles. The molecule has 3 nitrogen and oxygen atoms in total. The van der Waals surface area contributed by atoms with Crippen LogP contribution in [0.4, 0.5) is 0 Å². The number of rotatable bonds is 4. The average Bonchev–Trinajstić information content (AvgIpc) is 2.83. The molecule has 1 unspecified atom stereocenters. The molecule has 0 N–H and O–H groups in total. The second-order valence-electron chi connectivity index (χ2n) is 3.74. The molecular weight excluding hydrogens is 244 g/mol. The second-order valence-corrected chi connectivity index (χ2v) is 6.40. The highest BCUT2D eigenvalue weighted by molar-refractivity contribution is 7.86. The summed E-state index contributed by atoms with van der Waals surface area (Å²) in [6, 6.07) is 3.63. The van der Waals surface area contributed by atoms with E-state index >= 15 is 0 Å². The van der Waals surface area contributed by atoms with E-state index in [4.69, 9.17) is 4.74 Å². The van der Waals surface area contributed by atoms with Crippen LogP contribution in [0.1, 0.15) is 22.5 Å². The monoisotopic (exact) mass is 258 g/mol. The number of carbonyl (C=O) groups is 1. The molecular formula is C11H14O3S2. The fourth-order valence-electron chi connectivity index (χ4n) is 1.69. The molecule has 16 heavy (non-hydrogen) atoms. The summed E-state index contributed by atoms with van der Waals surface area (Å²) in [5.41, 5.74) is 0. The number of ether oxygens (including phenoxy) is 1. The maximum atomic E-state index is 11.9. The van der Waals surface area contributed by atoms with Crippen molar-refractivity contribution in [2.75, 3.05) is 19.0 Å². The fourth-order valence-corrected chi connectivity index (χ4v) is 3.82. The van der Waals surface area contributed by atoms with Crippen LogP contribution in [0.25, 0.3) is 0 Å². The van der Waals surface area contributed by atoms with E-state index in [1.165, 1.54) is 11.3 Å². The van der Waals surface area contributed by atoms with E-state index in [0.717, 1.165) is 12.8 Å². The Bertz CT molecular complexity index is 367. The molecule has 1 aromatic rings. The molecule has 0 bridgehead atoms. The van der Waals surface area contributed by atoms with Crippen molar-refractivity contribution >= 4 is 27.9 Å². The van der Waals surface area contributed by atoms with Gasteiger partial charge in [0.1, 0.15) is 0 Å². The van der Waals surface area contributed by atoms with E-state index in [1.54, 1.807) is 6.07 Å². The van der Waals surface area contributed by atoms with Gasteiger partial charge in [-0.2, -0.15) is 0 Å². The van der Waals surface area contributed by atoms with Crippen LogP contribution in [0, 0.1) is 0 Å². The van der Waals surface area contributed by atoms with Gasteiger partial charge >= 0.3 is 0 Å². The van der Waals surface area contributed by atoms with Crippen LogP contribution in [0.15, 0.2) is 17.5 Å². The maximum Gasteiger partial charge on any atom is 0.185 e. The Kier molecular flexibility index (Phi) is 4.26. The molecule has 2 heterocycles. The first kappa shape index (κ1) is 12.0. The minimum absolute atomic E-state index is 0.000162. The molecule has 0 saturated carbocycles. The van der Waals surface area contributed by atoms with Gasteiger partial charge in [-0.05, 0) is 24.3 Å². The summed E-state index contributed by atoms with van der Waals surface area (Å²) < 4.78 is 17.2. The molecule has 1 aromatic heterocycles. The van der Waals surface area contributed by atoms with Crippen molar-refractivity contribution in [1.82, 2.24) is 0 Å². The van der Waals surface area contributed by atoms with Crippen LogP contribution in [0.5, 0.6) is 0 Å². The van der Waals surface area contributed by atoms with Gasteiger partial charge in [-0.25, -0.2) is 0 Å². The first-order valence-electron chi connectivity index (χ1n) is 5.29. The third-order valence-electron chi connectivity index (χ3n) is 2.61. The molecule has 1 aliphatic rings. The Morgan fingerprint density at radius 3 is 2.88 bits per heavy atom. The highest BCUT2D eigenvalue weighted by Gasteiger charge is 2.22. The van der Waals surface area contributed by atoms with Crippen molar-refractivity contribution in [3.05, 3.63) is 22.4 Å². The Hall–Kier alpha value is -0.520. The Balaban J connectivity index is 1.89. The van der Waals surface area contributed by atoms with Gasteiger partial charge in [0, 0.05) is 29.3 Å². The number of Topliss-reactive ketones (excluding diaryl/α,β-unsaturated/α-hetero) is 1. The maximum absolute atomic E-state index is 11.9. The predicted molar refractivity (Wildman–Crippen MR) is 65.5 cm³/mol. The lowest BCUT2D eigenvalue weighted by Gasteiger charge is -2.20. The van der Waals surface area contributed by atoms with Crippen LogP contribution in [0.3, 0.4) is 0 Å². The zero-order chi connectivity index (χ0) is 11.4. The summed E-state index contributed by atoms with van der Waals surface area (Å²) in [6.07, 6.45) is 1.62. The number of carbonyl (C=O) groups excluding carboxylic acids is 1. The molecule has 88 valence electrons. The van der Waals surface area contributed by atoms with Gasteiger partial charge in [0.05, 0.1) is 10.6 Å². The van der Waals surface area contributed by atoms with Crippen molar-refractivity contribution in [3.63, 3.8) is 0 Å². The Morgan fingerprint density at radius 1 is 1.50 bits per heavy atom. The van der Waals surface area contributed by atoms with Gasteiger partial charge in [-0.1, -0.05) is 6.07 Å². The number of thiophene rings is 1. The molecule has 5 heteroatoms. The third-order valence-corrected chi connectivity index (χ3v) is 5.28. The molecule has 0 aliphatic carbocycles. The summed E-state index contributed by atoms with van der Waals surface area (Å²) >= 11 is 1.41. The van der Waals surface area contributed by atoms with Crippen LogP contribution in [0.2, 0.25) is 0 Å². The van der Waals surface area contributed by atoms with Gasteiger partial charge in [-0.3, -0.25) is 9.00 Å². The van der Waals surface area contributed by atoms with Crippen molar-refractivity contribution in [2.45, 2.75) is 18.1 Å². The Labute approximate surface area is 101 Å². The minimum Gasteiger partial charge on any atom is -0.381 e. The van der Waals surface area contributed by atoms with E-state index in [1.807, 2.05) is 11.4 Å². The van der Waals surface area contributed by atoms with Crippen molar-refractivity contribution < 1.29 is 13.7 Å². The summed E-state index contributed by atoms with van der Waals surface area (Å²) in [5.74, 6) is 0.158. The van der Waals surface area contributed by atoms with E-state index in [2.05, 4.69) is 0 Å². The van der Waals surface area contributed by atoms with Crippen LogP contribution < -0.4 is 0 Å². The van der Waals surface area contributed by atoms with Crippen LogP contribution in [-0.2, 0) is 15.5 Å². The Morgan fingerprint density at radius 2 is 2.25 bits per heavy atom. The third kappa shape index (κ3) is 2.99. The molecule has 0 radical (unpaired) electrons. The van der Waals surface area contributed by atoms with Crippen molar-refractivity contribution in [2.24, 2.45) is 0 Å². The summed E-state index contributed by atoms with van der Waals surface area (Å²) in [7, 11) is -1.04. The number of ketones is 1. The largest absolute Gasteiger partial charge is 0.381 e. The van der Waals surface area contributed by atoms with Gasteiger partial charge < -0.3 is 4.74 Å². The summed E-state index contributed by atoms with van der Waals surface area (Å²) in [6.45, 7) is 1.34. The number of hydrogen-bond acceptors (Lipinski definition) is 4. The quantitative estimate of drug-likeness (QED) is 0.774. The average molecular weight is 258 g/mol. The van der Waals surface area contributed by atoms with Gasteiger partial charge in [0.2, 0.25) is 0 Å². The van der Waals surface area contributed by atoms with Gasteiger partial charge in [-0.15, -0.1) is 11.3 Å². The number of hydrogen-bond donors (Lipinski definition) is 0. The highest BCUT2D eigenvalue weighted by Crippen LogP contribution is 2.16. The summed E-state index contributed by atoms with van der Waals surface area (Å²) in [4.78, 5) is 12.5.